The zero-order chi connectivity index (χ0) is 11.7. The van der Waals surface area contributed by atoms with E-state index in [1.54, 1.807) is 0 Å². The van der Waals surface area contributed by atoms with Crippen molar-refractivity contribution in [1.29, 1.82) is 0 Å². The van der Waals surface area contributed by atoms with Gasteiger partial charge >= 0.3 is 0 Å². The maximum Gasteiger partial charge on any atom is 0.227 e. The number of rotatable bonds is 3. The molecule has 2 aliphatic rings. The molecule has 0 aromatic rings. The van der Waals surface area contributed by atoms with Gasteiger partial charge < -0.3 is 15.3 Å². The molecule has 2 fully saturated rings. The normalized spacial score (nSPS) is 38.2. The van der Waals surface area contributed by atoms with E-state index in [9.17, 15) is 9.90 Å². The lowest BCUT2D eigenvalue weighted by Crippen LogP contribution is -2.43. The van der Waals surface area contributed by atoms with Gasteiger partial charge in [0.25, 0.3) is 0 Å². The maximum absolute atomic E-state index is 12.1. The van der Waals surface area contributed by atoms with Crippen molar-refractivity contribution in [3.05, 3.63) is 0 Å². The first-order valence-electron chi connectivity index (χ1n) is 6.21. The molecule has 1 amide bonds. The van der Waals surface area contributed by atoms with Crippen LogP contribution in [-0.2, 0) is 4.79 Å². The molecule has 0 unspecified atom stereocenters. The standard InChI is InChI=1S/C12H22N2O2/c1-8-5-13-6-11(8)12(16)14(2)7-9-3-10(15)4-9/h8-11,13,15H,3-7H2,1-2H3/t8-,9?,10?,11-/m1/s1. The highest BCUT2D eigenvalue weighted by Crippen LogP contribution is 2.28. The second kappa shape index (κ2) is 4.72. The second-order valence-electron chi connectivity index (χ2n) is 5.45. The number of nitrogens with zero attached hydrogens (tertiary/aromatic N) is 1. The summed E-state index contributed by atoms with van der Waals surface area (Å²) < 4.78 is 0. The quantitative estimate of drug-likeness (QED) is 0.716. The fourth-order valence-electron chi connectivity index (χ4n) is 2.75. The van der Waals surface area contributed by atoms with E-state index in [2.05, 4.69) is 12.2 Å². The third-order valence-electron chi connectivity index (χ3n) is 3.95. The molecule has 1 heterocycles. The minimum Gasteiger partial charge on any atom is -0.393 e. The van der Waals surface area contributed by atoms with Crippen LogP contribution in [0.2, 0.25) is 0 Å². The Morgan fingerprint density at radius 1 is 1.44 bits per heavy atom. The van der Waals surface area contributed by atoms with E-state index in [4.69, 9.17) is 0 Å². The van der Waals surface area contributed by atoms with E-state index in [0.717, 1.165) is 32.5 Å². The molecule has 1 aliphatic carbocycles. The lowest BCUT2D eigenvalue weighted by Gasteiger charge is -2.35. The van der Waals surface area contributed by atoms with Crippen LogP contribution in [0, 0.1) is 17.8 Å². The molecular weight excluding hydrogens is 204 g/mol. The number of amides is 1. The summed E-state index contributed by atoms with van der Waals surface area (Å²) in [5, 5.41) is 12.5. The Balaban J connectivity index is 1.80. The molecule has 1 aliphatic heterocycles. The average Bonchev–Trinajstić information content (AvgIpc) is 2.61. The van der Waals surface area contributed by atoms with E-state index < -0.39 is 0 Å². The summed E-state index contributed by atoms with van der Waals surface area (Å²) >= 11 is 0. The largest absolute Gasteiger partial charge is 0.393 e. The van der Waals surface area contributed by atoms with Crippen LogP contribution in [0.5, 0.6) is 0 Å². The zero-order valence-corrected chi connectivity index (χ0v) is 10.1. The Kier molecular flexibility index (Phi) is 3.50. The minimum atomic E-state index is -0.124. The van der Waals surface area contributed by atoms with Gasteiger partial charge in [0.2, 0.25) is 5.91 Å². The van der Waals surface area contributed by atoms with E-state index in [0.29, 0.717) is 11.8 Å². The number of carbonyl (C=O) groups excluding carboxylic acids is 1. The Bertz CT molecular complexity index is 264. The van der Waals surface area contributed by atoms with Crippen molar-refractivity contribution in [3.63, 3.8) is 0 Å². The van der Waals surface area contributed by atoms with Gasteiger partial charge in [-0.05, 0) is 31.2 Å². The molecule has 92 valence electrons. The molecule has 16 heavy (non-hydrogen) atoms. The smallest absolute Gasteiger partial charge is 0.227 e. The molecule has 2 rings (SSSR count). The average molecular weight is 226 g/mol. The van der Waals surface area contributed by atoms with E-state index in [1.165, 1.54) is 0 Å². The first-order valence-corrected chi connectivity index (χ1v) is 6.21. The first-order chi connectivity index (χ1) is 7.58. The lowest BCUT2D eigenvalue weighted by atomic mass is 9.82. The van der Waals surface area contributed by atoms with Gasteiger partial charge in [-0.2, -0.15) is 0 Å². The number of hydrogen-bond acceptors (Lipinski definition) is 3. The fraction of sp³-hybridized carbons (Fsp3) is 0.917. The molecule has 0 bridgehead atoms. The van der Waals surface area contributed by atoms with Crippen molar-refractivity contribution >= 4 is 5.91 Å². The van der Waals surface area contributed by atoms with Crippen LogP contribution >= 0.6 is 0 Å². The SMILES string of the molecule is C[C@@H]1CNC[C@H]1C(=O)N(C)CC1CC(O)C1. The van der Waals surface area contributed by atoms with Crippen LogP contribution in [0.1, 0.15) is 19.8 Å². The number of hydrogen-bond donors (Lipinski definition) is 2. The lowest BCUT2D eigenvalue weighted by molar-refractivity contribution is -0.136. The fourth-order valence-corrected chi connectivity index (χ4v) is 2.75. The Morgan fingerprint density at radius 3 is 2.62 bits per heavy atom. The molecule has 1 saturated heterocycles. The molecule has 0 spiro atoms. The highest BCUT2D eigenvalue weighted by molar-refractivity contribution is 5.79. The number of nitrogens with one attached hydrogen (secondary N) is 1. The van der Waals surface area contributed by atoms with Gasteiger partial charge in [0.15, 0.2) is 0 Å². The summed E-state index contributed by atoms with van der Waals surface area (Å²) in [6.07, 6.45) is 1.59. The number of aliphatic hydroxyl groups is 1. The van der Waals surface area contributed by atoms with Gasteiger partial charge in [0.1, 0.15) is 0 Å². The van der Waals surface area contributed by atoms with Crippen molar-refractivity contribution < 1.29 is 9.90 Å². The molecule has 4 nitrogen and oxygen atoms in total. The van der Waals surface area contributed by atoms with Gasteiger partial charge in [-0.1, -0.05) is 6.92 Å². The predicted molar refractivity (Wildman–Crippen MR) is 61.9 cm³/mol. The topological polar surface area (TPSA) is 52.6 Å². The first kappa shape index (κ1) is 11.9. The second-order valence-corrected chi connectivity index (χ2v) is 5.45. The van der Waals surface area contributed by atoms with Gasteiger partial charge in [-0.15, -0.1) is 0 Å². The molecular formula is C12H22N2O2. The number of aliphatic hydroxyl groups excluding tert-OH is 1. The minimum absolute atomic E-state index is 0.124. The highest BCUT2D eigenvalue weighted by Gasteiger charge is 2.34. The maximum atomic E-state index is 12.1. The monoisotopic (exact) mass is 226 g/mol. The summed E-state index contributed by atoms with van der Waals surface area (Å²) in [4.78, 5) is 14.0. The molecule has 1 saturated carbocycles. The van der Waals surface area contributed by atoms with E-state index in [1.807, 2.05) is 11.9 Å². The number of carbonyl (C=O) groups is 1. The summed E-state index contributed by atoms with van der Waals surface area (Å²) in [5.74, 6) is 1.37. The van der Waals surface area contributed by atoms with Gasteiger partial charge in [-0.25, -0.2) is 0 Å². The van der Waals surface area contributed by atoms with Crippen molar-refractivity contribution in [2.45, 2.75) is 25.9 Å². The Morgan fingerprint density at radius 2 is 2.12 bits per heavy atom. The van der Waals surface area contributed by atoms with Crippen molar-refractivity contribution in [3.8, 4) is 0 Å². The Hall–Kier alpha value is -0.610. The van der Waals surface area contributed by atoms with Crippen molar-refractivity contribution in [1.82, 2.24) is 10.2 Å². The third kappa shape index (κ3) is 2.38. The third-order valence-corrected chi connectivity index (χ3v) is 3.95. The molecule has 0 aromatic carbocycles. The molecule has 0 radical (unpaired) electrons. The molecule has 2 N–H and O–H groups in total. The van der Waals surface area contributed by atoms with Crippen LogP contribution in [0.4, 0.5) is 0 Å². The van der Waals surface area contributed by atoms with E-state index >= 15 is 0 Å². The van der Waals surface area contributed by atoms with Crippen LogP contribution in [0.15, 0.2) is 0 Å². The molecule has 4 heteroatoms. The summed E-state index contributed by atoms with van der Waals surface area (Å²) in [7, 11) is 1.89. The van der Waals surface area contributed by atoms with Crippen LogP contribution in [-0.4, -0.2) is 48.7 Å². The molecule has 2 atom stereocenters. The highest BCUT2D eigenvalue weighted by atomic mass is 16.3. The van der Waals surface area contributed by atoms with Crippen LogP contribution in [0.3, 0.4) is 0 Å². The van der Waals surface area contributed by atoms with Crippen LogP contribution < -0.4 is 5.32 Å². The van der Waals surface area contributed by atoms with E-state index in [-0.39, 0.29) is 17.9 Å². The zero-order valence-electron chi connectivity index (χ0n) is 10.1. The summed E-state index contributed by atoms with van der Waals surface area (Å²) in [5.41, 5.74) is 0. The Labute approximate surface area is 97.0 Å². The summed E-state index contributed by atoms with van der Waals surface area (Å²) in [6.45, 7) is 4.70. The summed E-state index contributed by atoms with van der Waals surface area (Å²) in [6, 6.07) is 0. The molecule has 0 aromatic heterocycles. The van der Waals surface area contributed by atoms with Gasteiger partial charge in [0.05, 0.1) is 12.0 Å². The van der Waals surface area contributed by atoms with Crippen molar-refractivity contribution in [2.24, 2.45) is 17.8 Å². The van der Waals surface area contributed by atoms with Gasteiger partial charge in [-0.3, -0.25) is 4.79 Å². The van der Waals surface area contributed by atoms with Crippen molar-refractivity contribution in [2.75, 3.05) is 26.7 Å². The van der Waals surface area contributed by atoms with Gasteiger partial charge in [0, 0.05) is 20.1 Å². The predicted octanol–water partition coefficient (Wildman–Crippen LogP) is 0.0712. The van der Waals surface area contributed by atoms with Crippen LogP contribution in [0.25, 0.3) is 0 Å².